The highest BCUT2D eigenvalue weighted by molar-refractivity contribution is 6.59. The van der Waals surface area contributed by atoms with E-state index in [1.807, 2.05) is 4.84 Å². The van der Waals surface area contributed by atoms with Crippen molar-refractivity contribution in [3.63, 3.8) is 0 Å². The lowest BCUT2D eigenvalue weighted by Gasteiger charge is -2.44. The average Bonchev–Trinajstić information content (AvgIpc) is 2.79. The lowest BCUT2D eigenvalue weighted by Crippen LogP contribution is -2.58. The molecule has 0 spiro atoms. The molecule has 0 saturated carbocycles. The third kappa shape index (κ3) is 10.6. The molecule has 4 atom stereocenters. The number of amides is 1. The Morgan fingerprint density at radius 3 is 2.06 bits per heavy atom. The van der Waals surface area contributed by atoms with Gasteiger partial charge in [-0.1, -0.05) is 82.5 Å². The summed E-state index contributed by atoms with van der Waals surface area (Å²) in [6.45, 7) is 8.63. The molecule has 0 bridgehead atoms. The molecular weight excluding hydrogens is 477 g/mol. The second-order valence-electron chi connectivity index (χ2n) is 8.39. The van der Waals surface area contributed by atoms with Crippen LogP contribution >= 0.6 is 35.0 Å². The van der Waals surface area contributed by atoms with Gasteiger partial charge in [0.25, 0.3) is 5.91 Å². The third-order valence-electron chi connectivity index (χ3n) is 5.62. The smallest absolute Gasteiger partial charge is 0.273 e. The maximum absolute atomic E-state index is 12.2. The molecule has 0 aromatic heterocycles. The SMILES string of the molecule is CCCCCOC[C@@H]1OC(C(Cl)(Cl)C(=O)NCl)C[C@H](OCCCCC)[C@H]1OCCCCC. The van der Waals surface area contributed by atoms with Crippen LogP contribution in [0.15, 0.2) is 0 Å². The van der Waals surface area contributed by atoms with Crippen LogP contribution in [0.1, 0.15) is 85.0 Å². The van der Waals surface area contributed by atoms with Gasteiger partial charge in [-0.25, -0.2) is 0 Å². The van der Waals surface area contributed by atoms with Crippen LogP contribution in [0, 0.1) is 0 Å². The number of alkyl halides is 2. The molecule has 1 fully saturated rings. The number of hydrogen-bond acceptors (Lipinski definition) is 5. The fraction of sp³-hybridized carbons (Fsp3) is 0.957. The Morgan fingerprint density at radius 2 is 1.50 bits per heavy atom. The van der Waals surface area contributed by atoms with Crippen LogP contribution in [0.2, 0.25) is 0 Å². The number of nitrogens with one attached hydrogen (secondary N) is 1. The Labute approximate surface area is 209 Å². The van der Waals surface area contributed by atoms with Crippen molar-refractivity contribution in [3.8, 4) is 0 Å². The van der Waals surface area contributed by atoms with Crippen LogP contribution in [-0.4, -0.2) is 61.1 Å². The molecule has 1 heterocycles. The molecule has 32 heavy (non-hydrogen) atoms. The summed E-state index contributed by atoms with van der Waals surface area (Å²) < 4.78 is 22.7. The zero-order chi connectivity index (χ0) is 23.8. The second kappa shape index (κ2) is 17.6. The topological polar surface area (TPSA) is 66.0 Å². The fourth-order valence-electron chi connectivity index (χ4n) is 3.69. The van der Waals surface area contributed by atoms with E-state index in [1.54, 1.807) is 0 Å². The van der Waals surface area contributed by atoms with Gasteiger partial charge in [0.1, 0.15) is 18.3 Å². The number of carbonyl (C=O) groups excluding carboxylic acids is 1. The molecule has 1 aliphatic heterocycles. The summed E-state index contributed by atoms with van der Waals surface area (Å²) in [4.78, 5) is 14.2. The number of hydrogen-bond donors (Lipinski definition) is 1. The normalized spacial score (nSPS) is 23.9. The van der Waals surface area contributed by atoms with Crippen molar-refractivity contribution < 1.29 is 23.7 Å². The Bertz CT molecular complexity index is 498. The van der Waals surface area contributed by atoms with Gasteiger partial charge in [0.15, 0.2) is 0 Å². The first-order valence-electron chi connectivity index (χ1n) is 12.2. The van der Waals surface area contributed by atoms with Crippen molar-refractivity contribution >= 4 is 40.9 Å². The maximum atomic E-state index is 12.2. The molecule has 0 aromatic carbocycles. The number of carbonyl (C=O) groups is 1. The van der Waals surface area contributed by atoms with Gasteiger partial charge >= 0.3 is 0 Å². The van der Waals surface area contributed by atoms with Crippen LogP contribution in [0.5, 0.6) is 0 Å². The van der Waals surface area contributed by atoms with E-state index in [0.717, 1.165) is 57.8 Å². The summed E-state index contributed by atoms with van der Waals surface area (Å²) in [7, 11) is 0. The monoisotopic (exact) mass is 517 g/mol. The fourth-order valence-corrected chi connectivity index (χ4v) is 4.32. The summed E-state index contributed by atoms with van der Waals surface area (Å²) in [6, 6.07) is 0. The Hall–Kier alpha value is 0.180. The second-order valence-corrected chi connectivity index (χ2v) is 9.96. The largest absolute Gasteiger partial charge is 0.379 e. The Morgan fingerprint density at radius 1 is 0.938 bits per heavy atom. The molecule has 1 rings (SSSR count). The Balaban J connectivity index is 2.94. The van der Waals surface area contributed by atoms with Crippen LogP contribution in [0.25, 0.3) is 0 Å². The van der Waals surface area contributed by atoms with Crippen molar-refractivity contribution in [2.24, 2.45) is 0 Å². The van der Waals surface area contributed by atoms with Gasteiger partial charge in [-0.3, -0.25) is 9.63 Å². The van der Waals surface area contributed by atoms with E-state index in [2.05, 4.69) is 20.8 Å². The van der Waals surface area contributed by atoms with Gasteiger partial charge in [-0.2, -0.15) is 0 Å². The summed E-state index contributed by atoms with van der Waals surface area (Å²) >= 11 is 18.3. The van der Waals surface area contributed by atoms with Gasteiger partial charge in [0.05, 0.1) is 12.7 Å². The molecular formula is C23H42Cl3NO5. The van der Waals surface area contributed by atoms with Crippen LogP contribution < -0.4 is 4.84 Å². The molecule has 0 aromatic rings. The minimum Gasteiger partial charge on any atom is -0.379 e. The molecule has 0 radical (unpaired) electrons. The summed E-state index contributed by atoms with van der Waals surface area (Å²) in [6.07, 6.45) is 7.97. The average molecular weight is 519 g/mol. The third-order valence-corrected chi connectivity index (χ3v) is 6.63. The summed E-state index contributed by atoms with van der Waals surface area (Å²) in [5, 5.41) is 0. The van der Waals surface area contributed by atoms with E-state index >= 15 is 0 Å². The number of unbranched alkanes of at least 4 members (excludes halogenated alkanes) is 6. The summed E-state index contributed by atoms with van der Waals surface area (Å²) in [5.41, 5.74) is 0. The zero-order valence-corrected chi connectivity index (χ0v) is 22.2. The molecule has 6 nitrogen and oxygen atoms in total. The van der Waals surface area contributed by atoms with E-state index in [9.17, 15) is 4.79 Å². The molecule has 1 N–H and O–H groups in total. The lowest BCUT2D eigenvalue weighted by molar-refractivity contribution is -0.216. The first kappa shape index (κ1) is 30.2. The maximum Gasteiger partial charge on any atom is 0.273 e. The molecule has 1 saturated heterocycles. The van der Waals surface area contributed by atoms with Crippen molar-refractivity contribution in [2.75, 3.05) is 26.4 Å². The molecule has 0 aliphatic carbocycles. The van der Waals surface area contributed by atoms with Crippen molar-refractivity contribution in [1.82, 2.24) is 4.84 Å². The Kier molecular flexibility index (Phi) is 16.6. The van der Waals surface area contributed by atoms with E-state index in [-0.39, 0.29) is 12.2 Å². The molecule has 9 heteroatoms. The standard InChI is InChI=1S/C23H42Cl3NO5/c1-4-7-10-13-29-17-19-21(31-15-12-9-6-3)18(30-14-11-8-5-2)16-20(32-19)23(24,25)22(28)27-26/h18-21H,4-17H2,1-3H3,(H,27,28)/t18-,19-,20?,21+/m0/s1. The predicted octanol–water partition coefficient (Wildman–Crippen LogP) is 5.95. The molecule has 190 valence electrons. The van der Waals surface area contributed by atoms with E-state index in [4.69, 9.17) is 53.9 Å². The zero-order valence-electron chi connectivity index (χ0n) is 19.9. The number of halogens is 3. The van der Waals surface area contributed by atoms with Crippen LogP contribution in [0.4, 0.5) is 0 Å². The van der Waals surface area contributed by atoms with E-state index in [0.29, 0.717) is 32.8 Å². The first-order valence-corrected chi connectivity index (χ1v) is 13.3. The molecule has 1 unspecified atom stereocenters. The van der Waals surface area contributed by atoms with Crippen molar-refractivity contribution in [1.29, 1.82) is 0 Å². The number of ether oxygens (including phenoxy) is 4. The highest BCUT2D eigenvalue weighted by Gasteiger charge is 2.51. The van der Waals surface area contributed by atoms with Gasteiger partial charge < -0.3 is 18.9 Å². The van der Waals surface area contributed by atoms with Gasteiger partial charge in [-0.05, 0) is 19.3 Å². The van der Waals surface area contributed by atoms with Crippen LogP contribution in [-0.2, 0) is 23.7 Å². The van der Waals surface area contributed by atoms with E-state index < -0.39 is 22.4 Å². The highest BCUT2D eigenvalue weighted by Crippen LogP contribution is 2.38. The van der Waals surface area contributed by atoms with Gasteiger partial charge in [0.2, 0.25) is 4.33 Å². The van der Waals surface area contributed by atoms with Gasteiger partial charge in [0, 0.05) is 38.0 Å². The predicted molar refractivity (Wildman–Crippen MR) is 131 cm³/mol. The lowest BCUT2D eigenvalue weighted by atomic mass is 9.95. The van der Waals surface area contributed by atoms with Gasteiger partial charge in [-0.15, -0.1) is 0 Å². The van der Waals surface area contributed by atoms with Crippen LogP contribution in [0.3, 0.4) is 0 Å². The van der Waals surface area contributed by atoms with E-state index in [1.165, 1.54) is 0 Å². The highest BCUT2D eigenvalue weighted by atomic mass is 35.5. The number of rotatable bonds is 18. The first-order chi connectivity index (χ1) is 15.4. The minimum absolute atomic E-state index is 0.309. The molecule has 1 amide bonds. The van der Waals surface area contributed by atoms with Crippen molar-refractivity contribution in [3.05, 3.63) is 0 Å². The minimum atomic E-state index is -1.85. The summed E-state index contributed by atoms with van der Waals surface area (Å²) in [5.74, 6) is -0.720. The van der Waals surface area contributed by atoms with Crippen molar-refractivity contribution in [2.45, 2.75) is 114 Å². The quantitative estimate of drug-likeness (QED) is 0.138. The molecule has 1 aliphatic rings.